The van der Waals surface area contributed by atoms with Crippen molar-refractivity contribution in [1.29, 1.82) is 0 Å². The Morgan fingerprint density at radius 2 is 2.05 bits per heavy atom. The van der Waals surface area contributed by atoms with Gasteiger partial charge in [0.15, 0.2) is 0 Å². The van der Waals surface area contributed by atoms with Crippen molar-refractivity contribution in [3.8, 4) is 0 Å². The van der Waals surface area contributed by atoms with Crippen LogP contribution >= 0.6 is 27.5 Å². The van der Waals surface area contributed by atoms with Gasteiger partial charge in [-0.1, -0.05) is 37.8 Å². The molecule has 1 aliphatic carbocycles. The summed E-state index contributed by atoms with van der Waals surface area (Å²) in [5.41, 5.74) is 0.810. The summed E-state index contributed by atoms with van der Waals surface area (Å²) in [5.74, 6) is 1.15. The van der Waals surface area contributed by atoms with Gasteiger partial charge in [0.05, 0.1) is 5.02 Å². The fraction of sp³-hybridized carbons (Fsp3) is 0.588. The molecule has 1 fully saturated rings. The molecule has 0 unspecified atom stereocenters. The number of benzene rings is 1. The third-order valence-electron chi connectivity index (χ3n) is 4.37. The zero-order chi connectivity index (χ0) is 15.2. The molecule has 0 atom stereocenters. The Morgan fingerprint density at radius 1 is 1.33 bits per heavy atom. The third kappa shape index (κ3) is 5.00. The van der Waals surface area contributed by atoms with Gasteiger partial charge < -0.3 is 5.32 Å². The summed E-state index contributed by atoms with van der Waals surface area (Å²) < 4.78 is 0.810. The molecular weight excluding hydrogens is 350 g/mol. The lowest BCUT2D eigenvalue weighted by Crippen LogP contribution is -2.27. The Kier molecular flexibility index (Phi) is 6.56. The van der Waals surface area contributed by atoms with Gasteiger partial charge >= 0.3 is 0 Å². The van der Waals surface area contributed by atoms with Gasteiger partial charge in [-0.25, -0.2) is 0 Å². The van der Waals surface area contributed by atoms with Crippen LogP contribution in [0.15, 0.2) is 22.7 Å². The van der Waals surface area contributed by atoms with E-state index in [0.29, 0.717) is 5.02 Å². The summed E-state index contributed by atoms with van der Waals surface area (Å²) in [6.07, 6.45) is 8.36. The van der Waals surface area contributed by atoms with E-state index >= 15 is 0 Å². The van der Waals surface area contributed by atoms with E-state index in [2.05, 4.69) is 28.2 Å². The third-order valence-corrected chi connectivity index (χ3v) is 5.58. The zero-order valence-corrected chi connectivity index (χ0v) is 14.8. The van der Waals surface area contributed by atoms with Gasteiger partial charge in [-0.2, -0.15) is 0 Å². The first kappa shape index (κ1) is 16.8. The Morgan fingerprint density at radius 3 is 2.67 bits per heavy atom. The maximum absolute atomic E-state index is 12.3. The quantitative estimate of drug-likeness (QED) is 0.671. The molecule has 1 aromatic rings. The highest BCUT2D eigenvalue weighted by Crippen LogP contribution is 2.33. The van der Waals surface area contributed by atoms with Crippen LogP contribution in [0.3, 0.4) is 0 Å². The summed E-state index contributed by atoms with van der Waals surface area (Å²) >= 11 is 9.34. The topological polar surface area (TPSA) is 29.1 Å². The Hall–Kier alpha value is -0.540. The summed E-state index contributed by atoms with van der Waals surface area (Å²) in [6.45, 7) is 2.24. The van der Waals surface area contributed by atoms with E-state index in [-0.39, 0.29) is 11.8 Å². The predicted molar refractivity (Wildman–Crippen MR) is 92.8 cm³/mol. The Balaban J connectivity index is 1.83. The first-order valence-electron chi connectivity index (χ1n) is 7.86. The number of hydrogen-bond acceptors (Lipinski definition) is 1. The molecule has 0 aromatic heterocycles. The highest BCUT2D eigenvalue weighted by Gasteiger charge is 2.26. The molecule has 116 valence electrons. The van der Waals surface area contributed by atoms with Crippen molar-refractivity contribution < 1.29 is 4.79 Å². The van der Waals surface area contributed by atoms with Crippen molar-refractivity contribution >= 4 is 39.1 Å². The number of nitrogens with one attached hydrogen (secondary N) is 1. The van der Waals surface area contributed by atoms with Crippen LogP contribution in [-0.4, -0.2) is 5.91 Å². The monoisotopic (exact) mass is 371 g/mol. The number of carbonyl (C=O) groups excluding carboxylic acids is 1. The minimum atomic E-state index is 0.151. The minimum absolute atomic E-state index is 0.151. The van der Waals surface area contributed by atoms with E-state index in [1.165, 1.54) is 32.1 Å². The van der Waals surface area contributed by atoms with Gasteiger partial charge in [-0.3, -0.25) is 4.79 Å². The Labute approximate surface area is 140 Å². The van der Waals surface area contributed by atoms with E-state index in [0.717, 1.165) is 28.9 Å². The van der Waals surface area contributed by atoms with Gasteiger partial charge in [0.1, 0.15) is 0 Å². The summed E-state index contributed by atoms with van der Waals surface area (Å²) in [7, 11) is 0. The SMILES string of the molecule is CCCCC1CCC(C(=O)Nc2ccc(Cl)c(Br)c2)CC1. The number of hydrogen-bond donors (Lipinski definition) is 1. The van der Waals surface area contributed by atoms with Crippen molar-refractivity contribution in [3.05, 3.63) is 27.7 Å². The number of halogens is 2. The van der Waals surface area contributed by atoms with Gasteiger partial charge in [0.25, 0.3) is 0 Å². The highest BCUT2D eigenvalue weighted by atomic mass is 79.9. The van der Waals surface area contributed by atoms with E-state index in [1.807, 2.05) is 12.1 Å². The van der Waals surface area contributed by atoms with Gasteiger partial charge in [0, 0.05) is 16.1 Å². The second-order valence-electron chi connectivity index (χ2n) is 5.98. The molecule has 2 nitrogen and oxygen atoms in total. The molecule has 0 aliphatic heterocycles. The van der Waals surface area contributed by atoms with Crippen LogP contribution in [0, 0.1) is 11.8 Å². The normalized spacial score (nSPS) is 22.0. The second-order valence-corrected chi connectivity index (χ2v) is 7.24. The largest absolute Gasteiger partial charge is 0.326 e. The molecule has 1 aliphatic rings. The maximum Gasteiger partial charge on any atom is 0.227 e. The molecule has 1 aromatic carbocycles. The lowest BCUT2D eigenvalue weighted by atomic mass is 9.79. The highest BCUT2D eigenvalue weighted by molar-refractivity contribution is 9.10. The zero-order valence-electron chi connectivity index (χ0n) is 12.5. The lowest BCUT2D eigenvalue weighted by molar-refractivity contribution is -0.121. The van der Waals surface area contributed by atoms with Crippen molar-refractivity contribution in [2.24, 2.45) is 11.8 Å². The van der Waals surface area contributed by atoms with Gasteiger partial charge in [-0.05, 0) is 65.7 Å². The van der Waals surface area contributed by atoms with Gasteiger partial charge in [-0.15, -0.1) is 0 Å². The molecule has 1 N–H and O–H groups in total. The van der Waals surface area contributed by atoms with E-state index < -0.39 is 0 Å². The molecule has 4 heteroatoms. The molecule has 2 rings (SSSR count). The summed E-state index contributed by atoms with van der Waals surface area (Å²) in [4.78, 5) is 12.3. The molecule has 0 bridgehead atoms. The minimum Gasteiger partial charge on any atom is -0.326 e. The maximum atomic E-state index is 12.3. The van der Waals surface area contributed by atoms with Crippen LogP contribution in [0.1, 0.15) is 51.9 Å². The number of amides is 1. The summed E-state index contributed by atoms with van der Waals surface area (Å²) in [5, 5.41) is 3.67. The van der Waals surface area contributed by atoms with Crippen molar-refractivity contribution in [2.45, 2.75) is 51.9 Å². The van der Waals surface area contributed by atoms with Crippen LogP contribution in [0.4, 0.5) is 5.69 Å². The van der Waals surface area contributed by atoms with Crippen LogP contribution in [0.25, 0.3) is 0 Å². The average Bonchev–Trinajstić information content (AvgIpc) is 2.49. The van der Waals surface area contributed by atoms with Crippen LogP contribution < -0.4 is 5.32 Å². The number of anilines is 1. The molecule has 0 saturated heterocycles. The van der Waals surface area contributed by atoms with Crippen molar-refractivity contribution in [3.63, 3.8) is 0 Å². The first-order chi connectivity index (χ1) is 10.1. The predicted octanol–water partition coefficient (Wildman–Crippen LogP) is 6.04. The van der Waals surface area contributed by atoms with Crippen LogP contribution in [0.5, 0.6) is 0 Å². The molecule has 0 radical (unpaired) electrons. The van der Waals surface area contributed by atoms with Crippen molar-refractivity contribution in [1.82, 2.24) is 0 Å². The van der Waals surface area contributed by atoms with E-state index in [4.69, 9.17) is 11.6 Å². The second kappa shape index (κ2) is 8.19. The van der Waals surface area contributed by atoms with Crippen LogP contribution in [-0.2, 0) is 4.79 Å². The first-order valence-corrected chi connectivity index (χ1v) is 9.03. The molecule has 0 heterocycles. The van der Waals surface area contributed by atoms with Gasteiger partial charge in [0.2, 0.25) is 5.91 Å². The lowest BCUT2D eigenvalue weighted by Gasteiger charge is -2.27. The fourth-order valence-corrected chi connectivity index (χ4v) is 3.52. The molecule has 0 spiro atoms. The standard InChI is InChI=1S/C17H23BrClNO/c1-2-3-4-12-5-7-13(8-6-12)17(21)20-14-9-10-16(19)15(18)11-14/h9-13H,2-8H2,1H3,(H,20,21). The molecule has 1 amide bonds. The van der Waals surface area contributed by atoms with Crippen molar-refractivity contribution in [2.75, 3.05) is 5.32 Å². The Bertz CT molecular complexity index is 484. The fourth-order valence-electron chi connectivity index (χ4n) is 3.02. The van der Waals surface area contributed by atoms with E-state index in [1.54, 1.807) is 6.07 Å². The average molecular weight is 373 g/mol. The van der Waals surface area contributed by atoms with Crippen LogP contribution in [0.2, 0.25) is 5.02 Å². The summed E-state index contributed by atoms with van der Waals surface area (Å²) in [6, 6.07) is 5.49. The van der Waals surface area contributed by atoms with E-state index in [9.17, 15) is 4.79 Å². The molecular formula is C17H23BrClNO. The molecule has 21 heavy (non-hydrogen) atoms. The number of rotatable bonds is 5. The smallest absolute Gasteiger partial charge is 0.227 e. The number of unbranched alkanes of at least 4 members (excludes halogenated alkanes) is 1. The molecule has 1 saturated carbocycles. The number of carbonyl (C=O) groups is 1.